The van der Waals surface area contributed by atoms with Gasteiger partial charge in [0.2, 0.25) is 0 Å². The van der Waals surface area contributed by atoms with Crippen molar-refractivity contribution in [3.8, 4) is 5.75 Å². The number of amides is 1. The Kier molecular flexibility index (Phi) is 8.90. The van der Waals surface area contributed by atoms with Gasteiger partial charge in [0.1, 0.15) is 17.9 Å². The first-order chi connectivity index (χ1) is 21.4. The van der Waals surface area contributed by atoms with E-state index < -0.39 is 23.1 Å². The minimum Gasteiger partial charge on any atom is -0.492 e. The van der Waals surface area contributed by atoms with E-state index in [9.17, 15) is 18.4 Å². The molecule has 1 amide bonds. The maximum Gasteiger partial charge on any atom is 0.263 e. The average molecular weight is 599 g/mol. The Hall–Kier alpha value is -4.67. The normalized spacial score (nSPS) is 14.6. The molecule has 0 atom stereocenters. The Morgan fingerprint density at radius 1 is 1.00 bits per heavy atom. The zero-order chi connectivity index (χ0) is 30.5. The summed E-state index contributed by atoms with van der Waals surface area (Å²) in [4.78, 5) is 33.1. The van der Waals surface area contributed by atoms with E-state index in [1.54, 1.807) is 12.3 Å². The molecule has 226 valence electrons. The van der Waals surface area contributed by atoms with Gasteiger partial charge in [-0.1, -0.05) is 18.2 Å². The van der Waals surface area contributed by atoms with Crippen LogP contribution in [-0.4, -0.2) is 59.8 Å². The van der Waals surface area contributed by atoms with Gasteiger partial charge in [0.25, 0.3) is 11.5 Å². The van der Waals surface area contributed by atoms with E-state index in [0.717, 1.165) is 79.4 Å². The molecule has 1 N–H and O–H groups in total. The molecule has 2 aromatic carbocycles. The van der Waals surface area contributed by atoms with Gasteiger partial charge in [0.15, 0.2) is 11.6 Å². The molecule has 1 aliphatic heterocycles. The van der Waals surface area contributed by atoms with Crippen LogP contribution in [0.4, 0.5) is 8.78 Å². The number of hydrogen-bond acceptors (Lipinski definition) is 6. The highest BCUT2D eigenvalue weighted by atomic mass is 19.2. The van der Waals surface area contributed by atoms with Crippen LogP contribution in [-0.2, 0) is 24.2 Å². The molecule has 0 radical (unpaired) electrons. The Morgan fingerprint density at radius 3 is 2.70 bits per heavy atom. The summed E-state index contributed by atoms with van der Waals surface area (Å²) < 4.78 is 39.9. The summed E-state index contributed by atoms with van der Waals surface area (Å²) in [6.45, 7) is 4.63. The van der Waals surface area contributed by atoms with E-state index in [0.29, 0.717) is 17.9 Å². The molecule has 4 aromatic rings. The van der Waals surface area contributed by atoms with Gasteiger partial charge in [0.05, 0.1) is 25.5 Å². The number of aromatic nitrogens is 2. The maximum absolute atomic E-state index is 13.7. The first-order valence-electron chi connectivity index (χ1n) is 14.6. The predicted molar refractivity (Wildman–Crippen MR) is 162 cm³/mol. The topological polar surface area (TPSA) is 85.7 Å². The van der Waals surface area contributed by atoms with Crippen molar-refractivity contribution in [3.05, 3.63) is 135 Å². The molecule has 2 aromatic heterocycles. The summed E-state index contributed by atoms with van der Waals surface area (Å²) in [5.74, 6) is -1.81. The predicted octanol–water partition coefficient (Wildman–Crippen LogP) is 4.20. The van der Waals surface area contributed by atoms with Gasteiger partial charge >= 0.3 is 0 Å². The molecule has 3 heterocycles. The number of morpholine rings is 1. The van der Waals surface area contributed by atoms with Crippen molar-refractivity contribution in [3.63, 3.8) is 0 Å². The Morgan fingerprint density at radius 2 is 1.86 bits per heavy atom. The zero-order valence-corrected chi connectivity index (χ0v) is 24.1. The number of fused-ring (bicyclic) bond motifs is 1. The lowest BCUT2D eigenvalue weighted by atomic mass is 9.98. The third kappa shape index (κ3) is 6.77. The van der Waals surface area contributed by atoms with Crippen molar-refractivity contribution in [2.45, 2.75) is 19.5 Å². The van der Waals surface area contributed by atoms with E-state index >= 15 is 0 Å². The van der Waals surface area contributed by atoms with Crippen molar-refractivity contribution in [2.75, 3.05) is 39.5 Å². The number of carbonyl (C=O) groups excluding carboxylic acids is 1. The summed E-state index contributed by atoms with van der Waals surface area (Å²) in [6, 6.07) is 16.4. The summed E-state index contributed by atoms with van der Waals surface area (Å²) in [5, 5.41) is 2.86. The summed E-state index contributed by atoms with van der Waals surface area (Å²) in [5.41, 5.74) is 4.73. The van der Waals surface area contributed by atoms with E-state index in [1.165, 1.54) is 22.9 Å². The van der Waals surface area contributed by atoms with Gasteiger partial charge in [-0.05, 0) is 70.8 Å². The SMILES string of the molecule is O=C(NCc1cc(OCCN2CCOCC2)cc(C2=CCc3ncccc32)c1)c1cccn(Cc2ccc(F)c(F)c2)c1=O. The van der Waals surface area contributed by atoms with E-state index in [4.69, 9.17) is 9.47 Å². The van der Waals surface area contributed by atoms with Crippen LogP contribution in [0.25, 0.3) is 5.57 Å². The van der Waals surface area contributed by atoms with Crippen LogP contribution in [0, 0.1) is 11.6 Å². The second-order valence-electron chi connectivity index (χ2n) is 10.8. The fourth-order valence-electron chi connectivity index (χ4n) is 5.49. The average Bonchev–Trinajstić information content (AvgIpc) is 3.47. The van der Waals surface area contributed by atoms with Crippen LogP contribution < -0.4 is 15.6 Å². The fraction of sp³-hybridized carbons (Fsp3) is 0.265. The van der Waals surface area contributed by atoms with Crippen molar-refractivity contribution < 1.29 is 23.0 Å². The lowest BCUT2D eigenvalue weighted by Crippen LogP contribution is -2.38. The maximum atomic E-state index is 13.7. The van der Waals surface area contributed by atoms with Gasteiger partial charge in [-0.2, -0.15) is 0 Å². The number of nitrogens with zero attached hydrogens (tertiary/aromatic N) is 3. The summed E-state index contributed by atoms with van der Waals surface area (Å²) in [6.07, 6.45) is 6.18. The van der Waals surface area contributed by atoms with Crippen molar-refractivity contribution in [2.24, 2.45) is 0 Å². The highest BCUT2D eigenvalue weighted by Crippen LogP contribution is 2.34. The van der Waals surface area contributed by atoms with Gasteiger partial charge in [-0.3, -0.25) is 19.5 Å². The molecule has 0 spiro atoms. The molecule has 0 saturated carbocycles. The molecule has 1 fully saturated rings. The number of allylic oxidation sites excluding steroid dienone is 1. The third-order valence-electron chi connectivity index (χ3n) is 7.79. The van der Waals surface area contributed by atoms with Crippen molar-refractivity contribution >= 4 is 11.5 Å². The van der Waals surface area contributed by atoms with Gasteiger partial charge in [-0.25, -0.2) is 8.78 Å². The lowest BCUT2D eigenvalue weighted by Gasteiger charge is -2.26. The summed E-state index contributed by atoms with van der Waals surface area (Å²) >= 11 is 0. The second kappa shape index (κ2) is 13.3. The molecular formula is C34H32F2N4O4. The van der Waals surface area contributed by atoms with Crippen LogP contribution in [0.5, 0.6) is 5.75 Å². The molecule has 0 bridgehead atoms. The number of ether oxygens (including phenoxy) is 2. The highest BCUT2D eigenvalue weighted by Gasteiger charge is 2.19. The van der Waals surface area contributed by atoms with Crippen molar-refractivity contribution in [1.29, 1.82) is 0 Å². The molecule has 44 heavy (non-hydrogen) atoms. The number of nitrogens with one attached hydrogen (secondary N) is 1. The smallest absolute Gasteiger partial charge is 0.263 e. The Bertz CT molecular complexity index is 1760. The first-order valence-corrected chi connectivity index (χ1v) is 14.6. The molecule has 1 aliphatic carbocycles. The highest BCUT2D eigenvalue weighted by molar-refractivity contribution is 5.93. The molecule has 10 heteroatoms. The molecule has 8 nitrogen and oxygen atoms in total. The fourth-order valence-corrected chi connectivity index (χ4v) is 5.49. The summed E-state index contributed by atoms with van der Waals surface area (Å²) in [7, 11) is 0. The number of carbonyl (C=O) groups is 1. The number of rotatable bonds is 10. The number of hydrogen-bond donors (Lipinski definition) is 1. The van der Waals surface area contributed by atoms with Gasteiger partial charge in [0, 0.05) is 50.6 Å². The van der Waals surface area contributed by atoms with Crippen LogP contribution in [0.15, 0.2) is 83.9 Å². The monoisotopic (exact) mass is 598 g/mol. The van der Waals surface area contributed by atoms with Crippen molar-refractivity contribution in [1.82, 2.24) is 19.8 Å². The lowest BCUT2D eigenvalue weighted by molar-refractivity contribution is 0.0322. The van der Waals surface area contributed by atoms with Gasteiger partial charge < -0.3 is 19.4 Å². The Balaban J connectivity index is 1.19. The standard InChI is InChI=1S/C34H32F2N4O4/c35-30-7-5-23(19-31(30)36)22-40-10-2-4-29(34(40)42)33(41)38-21-24-17-25(27-6-8-32-28(27)3-1-9-37-32)20-26(18-24)44-16-13-39-11-14-43-15-12-39/h1-7,9-10,17-20H,8,11-16,21-22H2,(H,38,41). The van der Waals surface area contributed by atoms with Crippen LogP contribution in [0.2, 0.25) is 0 Å². The van der Waals surface area contributed by atoms with Gasteiger partial charge in [-0.15, -0.1) is 0 Å². The number of pyridine rings is 2. The third-order valence-corrected chi connectivity index (χ3v) is 7.79. The minimum absolute atomic E-state index is 0.00417. The quantitative estimate of drug-likeness (QED) is 0.295. The molecule has 2 aliphatic rings. The van der Waals surface area contributed by atoms with E-state index in [2.05, 4.69) is 27.3 Å². The molecule has 6 rings (SSSR count). The van der Waals surface area contributed by atoms with E-state index in [1.807, 2.05) is 24.3 Å². The minimum atomic E-state index is -0.996. The zero-order valence-electron chi connectivity index (χ0n) is 24.1. The molecule has 1 saturated heterocycles. The van der Waals surface area contributed by atoms with Crippen LogP contribution in [0.1, 0.15) is 38.3 Å². The number of benzene rings is 2. The largest absolute Gasteiger partial charge is 0.492 e. The second-order valence-corrected chi connectivity index (χ2v) is 10.8. The number of halogens is 2. The van der Waals surface area contributed by atoms with E-state index in [-0.39, 0.29) is 18.7 Å². The molecular weight excluding hydrogens is 566 g/mol. The first kappa shape index (κ1) is 29.4. The van der Waals surface area contributed by atoms with Crippen LogP contribution in [0.3, 0.4) is 0 Å². The van der Waals surface area contributed by atoms with Crippen LogP contribution >= 0.6 is 0 Å². The Labute approximate surface area is 253 Å². The molecule has 0 unspecified atom stereocenters.